The smallest absolute Gasteiger partial charge is 0.326 e. The molecule has 0 unspecified atom stereocenters. The SMILES string of the molecule is Cc1ccc(/C=C/CN2CCc3c(c4ccc(Br)cc4n3C(=O)NCc3ccnc(F)c3)C2)cc1F. The van der Waals surface area contributed by atoms with Crippen LogP contribution in [0.1, 0.15) is 27.9 Å². The molecule has 184 valence electrons. The average molecular weight is 551 g/mol. The Bertz CT molecular complexity index is 1480. The molecule has 1 amide bonds. The van der Waals surface area contributed by atoms with Gasteiger partial charge in [-0.2, -0.15) is 4.39 Å². The van der Waals surface area contributed by atoms with E-state index >= 15 is 0 Å². The van der Waals surface area contributed by atoms with E-state index in [0.29, 0.717) is 24.1 Å². The first-order valence-corrected chi connectivity index (χ1v) is 12.5. The summed E-state index contributed by atoms with van der Waals surface area (Å²) in [6.07, 6.45) is 6.09. The zero-order valence-electron chi connectivity index (χ0n) is 19.8. The number of hydrogen-bond donors (Lipinski definition) is 1. The first-order chi connectivity index (χ1) is 17.4. The number of amides is 1. The Morgan fingerprint density at radius 2 is 2.03 bits per heavy atom. The summed E-state index contributed by atoms with van der Waals surface area (Å²) in [6.45, 7) is 4.17. The van der Waals surface area contributed by atoms with E-state index in [2.05, 4.69) is 31.1 Å². The number of nitrogens with zero attached hydrogens (tertiary/aromatic N) is 3. The zero-order valence-corrected chi connectivity index (χ0v) is 21.4. The minimum absolute atomic E-state index is 0.203. The molecule has 8 heteroatoms. The highest BCUT2D eigenvalue weighted by Gasteiger charge is 2.26. The Labute approximate surface area is 216 Å². The van der Waals surface area contributed by atoms with E-state index in [-0.39, 0.29) is 18.4 Å². The Morgan fingerprint density at radius 3 is 2.83 bits per heavy atom. The van der Waals surface area contributed by atoms with Gasteiger partial charge in [-0.1, -0.05) is 46.3 Å². The molecule has 0 saturated heterocycles. The van der Waals surface area contributed by atoms with E-state index in [9.17, 15) is 13.6 Å². The molecule has 1 N–H and O–H groups in total. The van der Waals surface area contributed by atoms with Crippen molar-refractivity contribution in [2.45, 2.75) is 26.4 Å². The number of nitrogens with one attached hydrogen (secondary N) is 1. The highest BCUT2D eigenvalue weighted by atomic mass is 79.9. The monoisotopic (exact) mass is 550 g/mol. The van der Waals surface area contributed by atoms with Crippen LogP contribution in [0.5, 0.6) is 0 Å². The molecule has 0 saturated carbocycles. The second-order valence-corrected chi connectivity index (χ2v) is 9.88. The molecule has 0 spiro atoms. The number of aromatic nitrogens is 2. The van der Waals surface area contributed by atoms with Gasteiger partial charge >= 0.3 is 6.03 Å². The summed E-state index contributed by atoms with van der Waals surface area (Å²) in [5, 5.41) is 3.96. The molecule has 1 aliphatic rings. The van der Waals surface area contributed by atoms with Crippen molar-refractivity contribution in [2.24, 2.45) is 0 Å². The van der Waals surface area contributed by atoms with Crippen LogP contribution in [0.2, 0.25) is 0 Å². The lowest BCUT2D eigenvalue weighted by atomic mass is 10.0. The van der Waals surface area contributed by atoms with Crippen LogP contribution in [-0.4, -0.2) is 33.6 Å². The number of carbonyl (C=O) groups is 1. The molecule has 0 radical (unpaired) electrons. The predicted molar refractivity (Wildman–Crippen MR) is 141 cm³/mol. The molecule has 4 aromatic rings. The maximum Gasteiger partial charge on any atom is 0.326 e. The summed E-state index contributed by atoms with van der Waals surface area (Å²) in [6, 6.07) is 14.0. The van der Waals surface area contributed by atoms with Gasteiger partial charge in [0.15, 0.2) is 0 Å². The molecule has 36 heavy (non-hydrogen) atoms. The first-order valence-electron chi connectivity index (χ1n) is 11.7. The normalized spacial score (nSPS) is 13.9. The summed E-state index contributed by atoms with van der Waals surface area (Å²) < 4.78 is 29.9. The van der Waals surface area contributed by atoms with E-state index in [4.69, 9.17) is 0 Å². The van der Waals surface area contributed by atoms with Crippen molar-refractivity contribution >= 4 is 38.9 Å². The van der Waals surface area contributed by atoms with Crippen LogP contribution in [0.25, 0.3) is 17.0 Å². The average Bonchev–Trinajstić information content (AvgIpc) is 3.17. The number of fused-ring (bicyclic) bond motifs is 3. The number of rotatable bonds is 5. The first kappa shape index (κ1) is 24.3. The molecule has 5 nitrogen and oxygen atoms in total. The topological polar surface area (TPSA) is 50.2 Å². The zero-order chi connectivity index (χ0) is 25.2. The van der Waals surface area contributed by atoms with Crippen molar-refractivity contribution < 1.29 is 13.6 Å². The van der Waals surface area contributed by atoms with Gasteiger partial charge in [-0.3, -0.25) is 9.47 Å². The van der Waals surface area contributed by atoms with Gasteiger partial charge in [-0.15, -0.1) is 0 Å². The van der Waals surface area contributed by atoms with Crippen molar-refractivity contribution in [3.05, 3.63) is 105 Å². The van der Waals surface area contributed by atoms with Gasteiger partial charge in [-0.05, 0) is 59.5 Å². The lowest BCUT2D eigenvalue weighted by molar-refractivity contribution is 0.240. The molecule has 2 aromatic heterocycles. The van der Waals surface area contributed by atoms with Crippen molar-refractivity contribution in [1.82, 2.24) is 19.8 Å². The van der Waals surface area contributed by atoms with Crippen molar-refractivity contribution in [3.63, 3.8) is 0 Å². The van der Waals surface area contributed by atoms with E-state index < -0.39 is 5.95 Å². The molecule has 0 atom stereocenters. The van der Waals surface area contributed by atoms with Crippen LogP contribution in [0.15, 0.2) is 65.3 Å². The molecule has 0 bridgehead atoms. The number of hydrogen-bond acceptors (Lipinski definition) is 3. The number of pyridine rings is 1. The number of benzene rings is 2. The predicted octanol–water partition coefficient (Wildman–Crippen LogP) is 6.21. The van der Waals surface area contributed by atoms with Crippen molar-refractivity contribution in [1.29, 1.82) is 0 Å². The highest BCUT2D eigenvalue weighted by molar-refractivity contribution is 9.10. The summed E-state index contributed by atoms with van der Waals surface area (Å²) in [7, 11) is 0. The van der Waals surface area contributed by atoms with Gasteiger partial charge in [0.05, 0.1) is 5.52 Å². The maximum absolute atomic E-state index is 13.8. The molecule has 3 heterocycles. The number of halogens is 3. The number of carbonyl (C=O) groups excluding carboxylic acids is 1. The van der Waals surface area contributed by atoms with Gasteiger partial charge < -0.3 is 5.32 Å². The largest absolute Gasteiger partial charge is 0.333 e. The molecule has 0 fully saturated rings. The molecule has 1 aliphatic heterocycles. The van der Waals surface area contributed by atoms with Crippen LogP contribution in [0.3, 0.4) is 0 Å². The van der Waals surface area contributed by atoms with Crippen LogP contribution in [-0.2, 0) is 19.5 Å². The van der Waals surface area contributed by atoms with Crippen LogP contribution in [0, 0.1) is 18.7 Å². The van der Waals surface area contributed by atoms with Gasteiger partial charge in [0.2, 0.25) is 5.95 Å². The maximum atomic E-state index is 13.8. The summed E-state index contributed by atoms with van der Waals surface area (Å²) in [4.78, 5) is 19.2. The highest BCUT2D eigenvalue weighted by Crippen LogP contribution is 2.32. The fourth-order valence-electron chi connectivity index (χ4n) is 4.63. The Kier molecular flexibility index (Phi) is 6.98. The van der Waals surface area contributed by atoms with E-state index in [1.165, 1.54) is 12.3 Å². The van der Waals surface area contributed by atoms with Gasteiger partial charge in [0.1, 0.15) is 5.82 Å². The Hall–Kier alpha value is -3.36. The van der Waals surface area contributed by atoms with Gasteiger partial charge in [0, 0.05) is 54.3 Å². The van der Waals surface area contributed by atoms with Crippen LogP contribution in [0.4, 0.5) is 13.6 Å². The summed E-state index contributed by atoms with van der Waals surface area (Å²) in [5.41, 5.74) is 5.07. The minimum atomic E-state index is -0.573. The molecule has 0 aliphatic carbocycles. The van der Waals surface area contributed by atoms with Crippen LogP contribution >= 0.6 is 15.9 Å². The minimum Gasteiger partial charge on any atom is -0.333 e. The Morgan fingerprint density at radius 1 is 1.17 bits per heavy atom. The van der Waals surface area contributed by atoms with Gasteiger partial charge in [0.25, 0.3) is 0 Å². The van der Waals surface area contributed by atoms with E-state index in [1.54, 1.807) is 29.7 Å². The summed E-state index contributed by atoms with van der Waals surface area (Å²) >= 11 is 3.53. The lowest BCUT2D eigenvalue weighted by Gasteiger charge is -2.27. The Balaban J connectivity index is 1.36. The second-order valence-electron chi connectivity index (χ2n) is 8.96. The molecule has 5 rings (SSSR count). The van der Waals surface area contributed by atoms with Crippen LogP contribution < -0.4 is 5.32 Å². The fourth-order valence-corrected chi connectivity index (χ4v) is 4.98. The van der Waals surface area contributed by atoms with E-state index in [0.717, 1.165) is 45.3 Å². The third-order valence-electron chi connectivity index (χ3n) is 6.50. The third kappa shape index (κ3) is 5.10. The third-order valence-corrected chi connectivity index (χ3v) is 6.99. The van der Waals surface area contributed by atoms with Crippen molar-refractivity contribution in [2.75, 3.05) is 13.1 Å². The molecular formula is C28H25BrF2N4O. The summed E-state index contributed by atoms with van der Waals surface area (Å²) in [5.74, 6) is -0.776. The van der Waals surface area contributed by atoms with Gasteiger partial charge in [-0.25, -0.2) is 14.2 Å². The quantitative estimate of drug-likeness (QED) is 0.300. The molecule has 2 aromatic carbocycles. The lowest BCUT2D eigenvalue weighted by Crippen LogP contribution is -2.34. The number of aryl methyl sites for hydroxylation is 1. The van der Waals surface area contributed by atoms with Crippen molar-refractivity contribution in [3.8, 4) is 0 Å². The molecular weight excluding hydrogens is 526 g/mol. The standard InChI is InChI=1S/C28H25BrF2N4O/c1-18-4-5-19(13-24(18)30)3-2-11-34-12-9-25-23(17-34)22-7-6-21(29)15-26(22)35(25)28(36)33-16-20-8-10-32-27(31)14-20/h2-8,10,13-15H,9,11-12,16-17H2,1H3,(H,33,36)/b3-2+. The second kappa shape index (κ2) is 10.3. The van der Waals surface area contributed by atoms with E-state index in [1.807, 2.05) is 36.4 Å². The fraction of sp³-hybridized carbons (Fsp3) is 0.214.